The summed E-state index contributed by atoms with van der Waals surface area (Å²) in [6, 6.07) is 7.92. The number of carboxylic acid groups (broad SMARTS) is 1. The highest BCUT2D eigenvalue weighted by Gasteiger charge is 2.41. The molecular formula is C14H18O3. The van der Waals surface area contributed by atoms with Crippen LogP contribution >= 0.6 is 0 Å². The van der Waals surface area contributed by atoms with Gasteiger partial charge in [0.2, 0.25) is 0 Å². The zero-order valence-electron chi connectivity index (χ0n) is 10.1. The molecule has 3 heteroatoms. The predicted molar refractivity (Wildman–Crippen MR) is 65.3 cm³/mol. The number of aryl methyl sites for hydroxylation is 1. The highest BCUT2D eigenvalue weighted by molar-refractivity contribution is 5.68. The van der Waals surface area contributed by atoms with Gasteiger partial charge in [-0.05, 0) is 43.4 Å². The van der Waals surface area contributed by atoms with Crippen LogP contribution in [0.5, 0.6) is 5.75 Å². The van der Waals surface area contributed by atoms with Gasteiger partial charge < -0.3 is 9.84 Å². The van der Waals surface area contributed by atoms with Crippen LogP contribution in [0.4, 0.5) is 0 Å². The first kappa shape index (κ1) is 12.0. The number of benzene rings is 1. The van der Waals surface area contributed by atoms with Crippen LogP contribution < -0.4 is 4.74 Å². The Morgan fingerprint density at radius 2 is 2.24 bits per heavy atom. The van der Waals surface area contributed by atoms with Gasteiger partial charge in [-0.3, -0.25) is 4.79 Å². The molecule has 2 rings (SSSR count). The van der Waals surface area contributed by atoms with Gasteiger partial charge in [0.25, 0.3) is 0 Å². The number of carboxylic acids is 1. The van der Waals surface area contributed by atoms with Gasteiger partial charge in [0, 0.05) is 0 Å². The number of ether oxygens (including phenoxy) is 1. The summed E-state index contributed by atoms with van der Waals surface area (Å²) in [5.41, 5.74) is 0.755. The summed E-state index contributed by atoms with van der Waals surface area (Å²) in [5, 5.41) is 8.91. The summed E-state index contributed by atoms with van der Waals surface area (Å²) in [7, 11) is 0. The number of hydrogen-bond donors (Lipinski definition) is 1. The maximum absolute atomic E-state index is 10.8. The van der Waals surface area contributed by atoms with E-state index in [0.717, 1.165) is 31.4 Å². The second-order valence-corrected chi connectivity index (χ2v) is 4.71. The van der Waals surface area contributed by atoms with Gasteiger partial charge >= 0.3 is 5.97 Å². The molecule has 0 radical (unpaired) electrons. The molecule has 0 saturated heterocycles. The van der Waals surface area contributed by atoms with E-state index in [1.165, 1.54) is 5.56 Å². The number of carbonyl (C=O) groups is 1. The van der Waals surface area contributed by atoms with Crippen molar-refractivity contribution in [2.75, 3.05) is 0 Å². The van der Waals surface area contributed by atoms with Crippen molar-refractivity contribution in [3.8, 4) is 5.75 Å². The fourth-order valence-corrected chi connectivity index (χ4v) is 2.24. The lowest BCUT2D eigenvalue weighted by Gasteiger charge is -2.40. The molecule has 92 valence electrons. The van der Waals surface area contributed by atoms with Gasteiger partial charge in [-0.25, -0.2) is 0 Å². The Morgan fingerprint density at radius 3 is 2.76 bits per heavy atom. The average molecular weight is 234 g/mol. The molecule has 0 amide bonds. The van der Waals surface area contributed by atoms with E-state index in [1.54, 1.807) is 0 Å². The molecule has 1 aliphatic rings. The lowest BCUT2D eigenvalue weighted by atomic mass is 9.77. The van der Waals surface area contributed by atoms with E-state index in [-0.39, 0.29) is 6.42 Å². The van der Waals surface area contributed by atoms with Crippen LogP contribution in [0.15, 0.2) is 24.3 Å². The Labute approximate surface area is 101 Å². The van der Waals surface area contributed by atoms with Gasteiger partial charge in [-0.15, -0.1) is 0 Å². The van der Waals surface area contributed by atoms with Crippen molar-refractivity contribution in [2.45, 2.75) is 44.6 Å². The lowest BCUT2D eigenvalue weighted by molar-refractivity contribution is -0.144. The maximum atomic E-state index is 10.8. The Kier molecular flexibility index (Phi) is 3.36. The Bertz CT molecular complexity index is 408. The lowest BCUT2D eigenvalue weighted by Crippen LogP contribution is -2.45. The van der Waals surface area contributed by atoms with Crippen molar-refractivity contribution in [1.82, 2.24) is 0 Å². The Morgan fingerprint density at radius 1 is 1.47 bits per heavy atom. The van der Waals surface area contributed by atoms with Crippen LogP contribution in [0.1, 0.15) is 38.2 Å². The second kappa shape index (κ2) is 4.78. The van der Waals surface area contributed by atoms with Crippen LogP contribution in [0.25, 0.3) is 0 Å². The highest BCUT2D eigenvalue weighted by atomic mass is 16.5. The molecule has 0 heterocycles. The van der Waals surface area contributed by atoms with E-state index in [0.29, 0.717) is 0 Å². The maximum Gasteiger partial charge on any atom is 0.307 e. The van der Waals surface area contributed by atoms with Gasteiger partial charge in [-0.2, -0.15) is 0 Å². The molecule has 17 heavy (non-hydrogen) atoms. The van der Waals surface area contributed by atoms with E-state index >= 15 is 0 Å². The summed E-state index contributed by atoms with van der Waals surface area (Å²) >= 11 is 0. The third-order valence-corrected chi connectivity index (χ3v) is 3.38. The van der Waals surface area contributed by atoms with Crippen LogP contribution in [0.2, 0.25) is 0 Å². The molecule has 0 spiro atoms. The first-order chi connectivity index (χ1) is 8.13. The van der Waals surface area contributed by atoms with E-state index in [2.05, 4.69) is 13.0 Å². The molecule has 1 N–H and O–H groups in total. The van der Waals surface area contributed by atoms with Crippen molar-refractivity contribution in [2.24, 2.45) is 0 Å². The van der Waals surface area contributed by atoms with Crippen molar-refractivity contribution < 1.29 is 14.6 Å². The summed E-state index contributed by atoms with van der Waals surface area (Å²) in [6.45, 7) is 2.09. The van der Waals surface area contributed by atoms with Crippen LogP contribution in [-0.4, -0.2) is 16.7 Å². The third-order valence-electron chi connectivity index (χ3n) is 3.38. The van der Waals surface area contributed by atoms with Gasteiger partial charge in [-0.1, -0.05) is 19.1 Å². The fraction of sp³-hybridized carbons (Fsp3) is 0.500. The van der Waals surface area contributed by atoms with Crippen LogP contribution in [-0.2, 0) is 11.2 Å². The second-order valence-electron chi connectivity index (χ2n) is 4.71. The van der Waals surface area contributed by atoms with Gasteiger partial charge in [0.05, 0.1) is 6.42 Å². The van der Waals surface area contributed by atoms with E-state index in [9.17, 15) is 4.79 Å². The smallest absolute Gasteiger partial charge is 0.307 e. The SMILES string of the molecule is CCc1cccc(OC2(CC(=O)O)CCC2)c1. The molecule has 0 bridgehead atoms. The van der Waals surface area contributed by atoms with Crippen molar-refractivity contribution in [3.05, 3.63) is 29.8 Å². The Hall–Kier alpha value is -1.51. The number of rotatable bonds is 5. The molecule has 0 unspecified atom stereocenters. The first-order valence-corrected chi connectivity index (χ1v) is 6.13. The van der Waals surface area contributed by atoms with Gasteiger partial charge in [0.15, 0.2) is 0 Å². The largest absolute Gasteiger partial charge is 0.487 e. The Balaban J connectivity index is 2.09. The zero-order chi connectivity index (χ0) is 12.3. The third kappa shape index (κ3) is 2.78. The highest BCUT2D eigenvalue weighted by Crippen LogP contribution is 2.39. The summed E-state index contributed by atoms with van der Waals surface area (Å²) < 4.78 is 5.91. The summed E-state index contributed by atoms with van der Waals surface area (Å²) in [5.74, 6) is 0.0154. The molecule has 1 aromatic rings. The monoisotopic (exact) mass is 234 g/mol. The molecule has 0 aromatic heterocycles. The van der Waals surface area contributed by atoms with Gasteiger partial charge in [0.1, 0.15) is 11.4 Å². The van der Waals surface area contributed by atoms with Crippen molar-refractivity contribution in [1.29, 1.82) is 0 Å². The van der Waals surface area contributed by atoms with E-state index in [4.69, 9.17) is 9.84 Å². The molecule has 0 atom stereocenters. The van der Waals surface area contributed by atoms with Crippen molar-refractivity contribution >= 4 is 5.97 Å². The minimum Gasteiger partial charge on any atom is -0.487 e. The molecule has 1 saturated carbocycles. The fourth-order valence-electron chi connectivity index (χ4n) is 2.24. The molecular weight excluding hydrogens is 216 g/mol. The summed E-state index contributed by atoms with van der Waals surface area (Å²) in [6.07, 6.45) is 3.80. The molecule has 1 aliphatic carbocycles. The minimum atomic E-state index is -0.781. The van der Waals surface area contributed by atoms with Crippen LogP contribution in [0.3, 0.4) is 0 Å². The molecule has 3 nitrogen and oxygen atoms in total. The first-order valence-electron chi connectivity index (χ1n) is 6.13. The average Bonchev–Trinajstić information content (AvgIpc) is 2.26. The van der Waals surface area contributed by atoms with Crippen LogP contribution in [0, 0.1) is 0 Å². The number of hydrogen-bond acceptors (Lipinski definition) is 2. The quantitative estimate of drug-likeness (QED) is 0.851. The number of aliphatic carboxylic acids is 1. The van der Waals surface area contributed by atoms with Crippen molar-refractivity contribution in [3.63, 3.8) is 0 Å². The molecule has 1 aromatic carbocycles. The minimum absolute atomic E-state index is 0.101. The molecule has 1 fully saturated rings. The zero-order valence-corrected chi connectivity index (χ0v) is 10.1. The standard InChI is InChI=1S/C14H18O3/c1-2-11-5-3-6-12(9-11)17-14(7-4-8-14)10-13(15)16/h3,5-6,9H,2,4,7-8,10H2,1H3,(H,15,16). The predicted octanol–water partition coefficient (Wildman–Crippen LogP) is 3.03. The molecule has 0 aliphatic heterocycles. The normalized spacial score (nSPS) is 17.2. The van der Waals surface area contributed by atoms with E-state index < -0.39 is 11.6 Å². The van der Waals surface area contributed by atoms with E-state index in [1.807, 2.05) is 18.2 Å². The topological polar surface area (TPSA) is 46.5 Å². The summed E-state index contributed by atoms with van der Waals surface area (Å²) in [4.78, 5) is 10.8.